The second-order valence-corrected chi connectivity index (χ2v) is 7.99. The van der Waals surface area contributed by atoms with Crippen molar-refractivity contribution < 1.29 is 23.8 Å². The molecule has 0 saturated carbocycles. The van der Waals surface area contributed by atoms with E-state index in [4.69, 9.17) is 13.9 Å². The Morgan fingerprint density at radius 2 is 2.00 bits per heavy atom. The summed E-state index contributed by atoms with van der Waals surface area (Å²) in [6, 6.07) is 11.2. The number of nitrogens with zero attached hydrogens (tertiary/aromatic N) is 1. The Balaban J connectivity index is 1.59. The van der Waals surface area contributed by atoms with Crippen molar-refractivity contribution in [2.24, 2.45) is 0 Å². The van der Waals surface area contributed by atoms with Crippen molar-refractivity contribution in [1.29, 1.82) is 0 Å². The summed E-state index contributed by atoms with van der Waals surface area (Å²) in [6.07, 6.45) is 3.14. The van der Waals surface area contributed by atoms with Gasteiger partial charge in [0.05, 0.1) is 30.8 Å². The summed E-state index contributed by atoms with van der Waals surface area (Å²) in [4.78, 5) is 15.3. The van der Waals surface area contributed by atoms with Crippen LogP contribution in [0.1, 0.15) is 12.0 Å². The van der Waals surface area contributed by atoms with E-state index in [0.29, 0.717) is 56.2 Å². The lowest BCUT2D eigenvalue weighted by Crippen LogP contribution is -2.40. The Kier molecular flexibility index (Phi) is 6.20. The fourth-order valence-electron chi connectivity index (χ4n) is 3.71. The van der Waals surface area contributed by atoms with Gasteiger partial charge in [-0.3, -0.25) is 4.79 Å². The van der Waals surface area contributed by atoms with E-state index >= 15 is 0 Å². The monoisotopic (exact) mass is 427 g/mol. The third-order valence-electron chi connectivity index (χ3n) is 5.35. The molecule has 0 bridgehead atoms. The number of aryl methyl sites for hydroxylation is 1. The second kappa shape index (κ2) is 9.02. The van der Waals surface area contributed by atoms with E-state index in [9.17, 15) is 9.90 Å². The molecular weight excluding hydrogens is 402 g/mol. The minimum Gasteiger partial charge on any atom is -0.507 e. The Labute approximate surface area is 179 Å². The third kappa shape index (κ3) is 4.13. The number of phenols is 1. The Morgan fingerprint density at radius 1 is 1.20 bits per heavy atom. The van der Waals surface area contributed by atoms with Crippen LogP contribution in [-0.4, -0.2) is 55.6 Å². The standard InChI is InChI=1S/C23H25NO5S/c1-27-16-5-6-17(19(25)14-16)22-23(30-2)18-13-15(3-7-20(18)29-22)4-8-21(26)24-9-11-28-12-10-24/h3,5-7,13-14,25H,4,8-12H2,1-2H3. The molecule has 1 fully saturated rings. The Bertz CT molecular complexity index is 1060. The molecule has 7 heteroatoms. The molecule has 0 atom stereocenters. The van der Waals surface area contributed by atoms with Crippen molar-refractivity contribution in [1.82, 2.24) is 4.90 Å². The maximum absolute atomic E-state index is 12.4. The summed E-state index contributed by atoms with van der Waals surface area (Å²) in [5.74, 6) is 1.50. The van der Waals surface area contributed by atoms with Crippen LogP contribution >= 0.6 is 11.8 Å². The third-order valence-corrected chi connectivity index (χ3v) is 6.17. The van der Waals surface area contributed by atoms with Gasteiger partial charge >= 0.3 is 0 Å². The number of thioether (sulfide) groups is 1. The summed E-state index contributed by atoms with van der Waals surface area (Å²) in [5, 5.41) is 11.4. The average molecular weight is 428 g/mol. The Hall–Kier alpha value is -2.64. The summed E-state index contributed by atoms with van der Waals surface area (Å²) < 4.78 is 16.6. The number of aromatic hydroxyl groups is 1. The largest absolute Gasteiger partial charge is 0.507 e. The topological polar surface area (TPSA) is 72.1 Å². The minimum absolute atomic E-state index is 0.111. The van der Waals surface area contributed by atoms with Crippen LogP contribution < -0.4 is 4.74 Å². The van der Waals surface area contributed by atoms with Crippen molar-refractivity contribution in [3.05, 3.63) is 42.0 Å². The van der Waals surface area contributed by atoms with Crippen molar-refractivity contribution in [3.8, 4) is 22.8 Å². The predicted molar refractivity (Wildman–Crippen MR) is 117 cm³/mol. The maximum atomic E-state index is 12.4. The van der Waals surface area contributed by atoms with E-state index in [1.54, 1.807) is 37.1 Å². The van der Waals surface area contributed by atoms with E-state index in [2.05, 4.69) is 6.07 Å². The fraction of sp³-hybridized carbons (Fsp3) is 0.348. The molecule has 2 heterocycles. The lowest BCUT2D eigenvalue weighted by Gasteiger charge is -2.26. The van der Waals surface area contributed by atoms with Crippen molar-refractivity contribution in [3.63, 3.8) is 0 Å². The van der Waals surface area contributed by atoms with Gasteiger partial charge < -0.3 is 23.9 Å². The zero-order valence-corrected chi connectivity index (χ0v) is 18.0. The smallest absolute Gasteiger partial charge is 0.223 e. The number of carbonyl (C=O) groups is 1. The number of fused-ring (bicyclic) bond motifs is 1. The molecule has 0 radical (unpaired) electrons. The number of methoxy groups -OCH3 is 1. The van der Waals surface area contributed by atoms with Crippen LogP contribution in [0.2, 0.25) is 0 Å². The number of ether oxygens (including phenoxy) is 2. The molecule has 1 amide bonds. The van der Waals surface area contributed by atoms with Gasteiger partial charge in [0.25, 0.3) is 0 Å². The normalized spacial score (nSPS) is 14.3. The van der Waals surface area contributed by atoms with Crippen LogP contribution in [-0.2, 0) is 16.0 Å². The first-order valence-electron chi connectivity index (χ1n) is 9.93. The number of phenolic OH excluding ortho intramolecular Hbond substituents is 1. The van der Waals surface area contributed by atoms with Gasteiger partial charge in [0.1, 0.15) is 17.1 Å². The second-order valence-electron chi connectivity index (χ2n) is 7.17. The lowest BCUT2D eigenvalue weighted by atomic mass is 10.1. The highest BCUT2D eigenvalue weighted by Gasteiger charge is 2.20. The van der Waals surface area contributed by atoms with E-state index in [0.717, 1.165) is 21.4 Å². The van der Waals surface area contributed by atoms with Gasteiger partial charge in [-0.2, -0.15) is 0 Å². The molecule has 0 unspecified atom stereocenters. The van der Waals surface area contributed by atoms with Crippen LogP contribution in [0, 0.1) is 0 Å². The first kappa shape index (κ1) is 20.6. The molecule has 158 valence electrons. The molecule has 1 saturated heterocycles. The van der Waals surface area contributed by atoms with E-state index in [1.807, 2.05) is 23.3 Å². The molecule has 0 aliphatic carbocycles. The number of furan rings is 1. The van der Waals surface area contributed by atoms with Gasteiger partial charge in [0, 0.05) is 31.0 Å². The maximum Gasteiger partial charge on any atom is 0.223 e. The summed E-state index contributed by atoms with van der Waals surface area (Å²) in [5.41, 5.74) is 2.47. The van der Waals surface area contributed by atoms with Gasteiger partial charge in [-0.05, 0) is 42.5 Å². The van der Waals surface area contributed by atoms with Crippen LogP contribution in [0.4, 0.5) is 0 Å². The molecule has 2 aromatic carbocycles. The number of morpholine rings is 1. The zero-order chi connectivity index (χ0) is 21.1. The van der Waals surface area contributed by atoms with E-state index in [1.165, 1.54) is 0 Å². The zero-order valence-electron chi connectivity index (χ0n) is 17.1. The number of hydrogen-bond acceptors (Lipinski definition) is 6. The summed E-state index contributed by atoms with van der Waals surface area (Å²) >= 11 is 1.58. The number of benzene rings is 2. The first-order chi connectivity index (χ1) is 14.6. The van der Waals surface area contributed by atoms with Gasteiger partial charge in [-0.25, -0.2) is 0 Å². The van der Waals surface area contributed by atoms with Crippen LogP contribution in [0.15, 0.2) is 45.7 Å². The first-order valence-corrected chi connectivity index (χ1v) is 11.2. The highest BCUT2D eigenvalue weighted by atomic mass is 32.2. The van der Waals surface area contributed by atoms with Gasteiger partial charge in [-0.1, -0.05) is 6.07 Å². The fourth-order valence-corrected chi connectivity index (χ4v) is 4.43. The molecule has 30 heavy (non-hydrogen) atoms. The summed E-state index contributed by atoms with van der Waals surface area (Å²) in [6.45, 7) is 2.57. The van der Waals surface area contributed by atoms with Gasteiger partial charge in [0.15, 0.2) is 5.76 Å². The molecule has 1 aliphatic rings. The molecule has 6 nitrogen and oxygen atoms in total. The van der Waals surface area contributed by atoms with E-state index < -0.39 is 0 Å². The molecule has 1 aromatic heterocycles. The predicted octanol–water partition coefficient (Wildman–Crippen LogP) is 4.33. The number of rotatable bonds is 6. The highest BCUT2D eigenvalue weighted by Crippen LogP contribution is 2.43. The highest BCUT2D eigenvalue weighted by molar-refractivity contribution is 7.99. The van der Waals surface area contributed by atoms with Crippen molar-refractivity contribution >= 4 is 28.6 Å². The molecule has 1 aliphatic heterocycles. The van der Waals surface area contributed by atoms with Gasteiger partial charge in [0.2, 0.25) is 5.91 Å². The molecule has 1 N–H and O–H groups in total. The number of carbonyl (C=O) groups excluding carboxylic acids is 1. The molecule has 3 aromatic rings. The number of hydrogen-bond donors (Lipinski definition) is 1. The number of amides is 1. The average Bonchev–Trinajstić information content (AvgIpc) is 3.15. The van der Waals surface area contributed by atoms with Crippen LogP contribution in [0.3, 0.4) is 0 Å². The van der Waals surface area contributed by atoms with Crippen LogP contribution in [0.5, 0.6) is 11.5 Å². The molecule has 0 spiro atoms. The lowest BCUT2D eigenvalue weighted by molar-refractivity contribution is -0.135. The van der Waals surface area contributed by atoms with Crippen molar-refractivity contribution in [2.45, 2.75) is 17.7 Å². The summed E-state index contributed by atoms with van der Waals surface area (Å²) in [7, 11) is 1.56. The Morgan fingerprint density at radius 3 is 2.70 bits per heavy atom. The van der Waals surface area contributed by atoms with Gasteiger partial charge in [-0.15, -0.1) is 11.8 Å². The van der Waals surface area contributed by atoms with Crippen molar-refractivity contribution in [2.75, 3.05) is 39.7 Å². The molecule has 4 rings (SSSR count). The molecular formula is C23H25NO5S. The SMILES string of the molecule is COc1ccc(-c2oc3ccc(CCC(=O)N4CCOCC4)cc3c2SC)c(O)c1. The quantitative estimate of drug-likeness (QED) is 0.591. The minimum atomic E-state index is 0.111. The van der Waals surface area contributed by atoms with Crippen LogP contribution in [0.25, 0.3) is 22.3 Å². The van der Waals surface area contributed by atoms with E-state index in [-0.39, 0.29) is 11.7 Å².